The van der Waals surface area contributed by atoms with Gasteiger partial charge in [0, 0.05) is 24.3 Å². The molecule has 0 bridgehead atoms. The molecule has 154 valence electrons. The molecule has 0 radical (unpaired) electrons. The molecule has 0 unspecified atom stereocenters. The number of hydrogen-bond acceptors (Lipinski definition) is 5. The number of hydrogen-bond donors (Lipinski definition) is 3. The van der Waals surface area contributed by atoms with Gasteiger partial charge in [-0.1, -0.05) is 26.0 Å². The molecule has 0 saturated heterocycles. The van der Waals surface area contributed by atoms with Gasteiger partial charge < -0.3 is 15.8 Å². The smallest absolute Gasteiger partial charge is 0.255 e. The van der Waals surface area contributed by atoms with Gasteiger partial charge in [-0.3, -0.25) is 4.79 Å². The van der Waals surface area contributed by atoms with Gasteiger partial charge in [-0.2, -0.15) is 0 Å². The van der Waals surface area contributed by atoms with Crippen molar-refractivity contribution in [1.29, 1.82) is 0 Å². The van der Waals surface area contributed by atoms with E-state index in [0.717, 1.165) is 0 Å². The number of amides is 1. The molecule has 0 fully saturated rings. The van der Waals surface area contributed by atoms with E-state index in [4.69, 9.17) is 10.5 Å². The number of halogens is 1. The van der Waals surface area contributed by atoms with Crippen LogP contribution in [0.2, 0.25) is 0 Å². The predicted molar refractivity (Wildman–Crippen MR) is 113 cm³/mol. The van der Waals surface area contributed by atoms with E-state index in [1.165, 1.54) is 12.1 Å². The van der Waals surface area contributed by atoms with E-state index in [1.807, 2.05) is 13.8 Å². The lowest BCUT2D eigenvalue weighted by Crippen LogP contribution is -2.29. The summed E-state index contributed by atoms with van der Waals surface area (Å²) < 4.78 is 32.4. The molecule has 0 aliphatic heterocycles. The number of rotatable bonds is 9. The van der Waals surface area contributed by atoms with Crippen LogP contribution in [0.5, 0.6) is 5.75 Å². The van der Waals surface area contributed by atoms with Gasteiger partial charge in [-0.15, -0.1) is 12.4 Å². The summed E-state index contributed by atoms with van der Waals surface area (Å²) in [4.78, 5) is 12.5. The Labute approximate surface area is 172 Å². The van der Waals surface area contributed by atoms with Crippen LogP contribution in [0.3, 0.4) is 0 Å². The summed E-state index contributed by atoms with van der Waals surface area (Å²) in [5.74, 6) is 0.633. The minimum Gasteiger partial charge on any atom is -0.493 e. The van der Waals surface area contributed by atoms with E-state index < -0.39 is 10.0 Å². The lowest BCUT2D eigenvalue weighted by Gasteiger charge is -2.11. The summed E-state index contributed by atoms with van der Waals surface area (Å²) in [6.45, 7) is 4.98. The Kier molecular flexibility index (Phi) is 9.40. The maximum atomic E-state index is 12.5. The Hall–Kier alpha value is -2.13. The van der Waals surface area contributed by atoms with Crippen molar-refractivity contribution in [2.24, 2.45) is 11.7 Å². The van der Waals surface area contributed by atoms with E-state index in [9.17, 15) is 13.2 Å². The van der Waals surface area contributed by atoms with Crippen molar-refractivity contribution >= 4 is 34.0 Å². The monoisotopic (exact) mass is 427 g/mol. The largest absolute Gasteiger partial charge is 0.493 e. The first-order valence-corrected chi connectivity index (χ1v) is 10.1. The number of anilines is 1. The minimum atomic E-state index is -3.67. The van der Waals surface area contributed by atoms with Gasteiger partial charge in [-0.25, -0.2) is 13.1 Å². The number of ether oxygens (including phenoxy) is 1. The number of benzene rings is 2. The van der Waals surface area contributed by atoms with Crippen molar-refractivity contribution in [3.63, 3.8) is 0 Å². The first-order chi connectivity index (χ1) is 12.8. The summed E-state index contributed by atoms with van der Waals surface area (Å²) in [5, 5.41) is 2.71. The molecule has 2 rings (SSSR count). The summed E-state index contributed by atoms with van der Waals surface area (Å²) in [6.07, 6.45) is 0. The summed E-state index contributed by atoms with van der Waals surface area (Å²) in [6, 6.07) is 12.9. The highest BCUT2D eigenvalue weighted by molar-refractivity contribution is 7.89. The molecule has 28 heavy (non-hydrogen) atoms. The number of nitrogens with one attached hydrogen (secondary N) is 2. The fourth-order valence-electron chi connectivity index (χ4n) is 2.21. The molecule has 0 saturated carbocycles. The van der Waals surface area contributed by atoms with Gasteiger partial charge in [0.1, 0.15) is 5.75 Å². The van der Waals surface area contributed by atoms with Gasteiger partial charge in [0.25, 0.3) is 5.91 Å². The van der Waals surface area contributed by atoms with Crippen LogP contribution in [0.15, 0.2) is 53.4 Å². The van der Waals surface area contributed by atoms with Crippen molar-refractivity contribution in [3.05, 3.63) is 54.1 Å². The number of sulfonamides is 1. The molecule has 2 aromatic carbocycles. The second-order valence-electron chi connectivity index (χ2n) is 6.40. The first-order valence-electron chi connectivity index (χ1n) is 8.66. The number of nitrogens with two attached hydrogens (primary N) is 1. The van der Waals surface area contributed by atoms with E-state index >= 15 is 0 Å². The Bertz CT molecular complexity index is 888. The van der Waals surface area contributed by atoms with Crippen LogP contribution in [0.4, 0.5) is 5.69 Å². The lowest BCUT2D eigenvalue weighted by atomic mass is 10.2. The molecule has 0 spiro atoms. The summed E-state index contributed by atoms with van der Waals surface area (Å²) >= 11 is 0. The predicted octanol–water partition coefficient (Wildman–Crippen LogP) is 2.63. The quantitative estimate of drug-likeness (QED) is 0.569. The Morgan fingerprint density at radius 2 is 1.86 bits per heavy atom. The van der Waals surface area contributed by atoms with Crippen LogP contribution in [-0.4, -0.2) is 34.0 Å². The van der Waals surface area contributed by atoms with E-state index in [-0.39, 0.29) is 36.3 Å². The van der Waals surface area contributed by atoms with Gasteiger partial charge in [0.05, 0.1) is 11.5 Å². The minimum absolute atomic E-state index is 0. The molecule has 0 heterocycles. The zero-order chi connectivity index (χ0) is 19.9. The van der Waals surface area contributed by atoms with Crippen LogP contribution in [-0.2, 0) is 10.0 Å². The van der Waals surface area contributed by atoms with E-state index in [2.05, 4.69) is 10.0 Å². The second kappa shape index (κ2) is 11.0. The van der Waals surface area contributed by atoms with Crippen molar-refractivity contribution in [2.75, 3.05) is 25.0 Å². The average Bonchev–Trinajstić information content (AvgIpc) is 2.65. The first kappa shape index (κ1) is 23.9. The molecule has 0 atom stereocenters. The molecular weight excluding hydrogens is 402 g/mol. The fraction of sp³-hybridized carbons (Fsp3) is 0.316. The highest BCUT2D eigenvalue weighted by atomic mass is 35.5. The molecule has 4 N–H and O–H groups in total. The molecule has 2 aromatic rings. The normalized spacial score (nSPS) is 11.0. The third-order valence-corrected chi connectivity index (χ3v) is 4.98. The number of carbonyl (C=O) groups excluding carboxylic acids is 1. The van der Waals surface area contributed by atoms with Crippen molar-refractivity contribution in [2.45, 2.75) is 18.7 Å². The van der Waals surface area contributed by atoms with Crippen LogP contribution >= 0.6 is 12.4 Å². The SMILES string of the molecule is CC(C)COc1cccc(C(=O)Nc2cccc(S(=O)(=O)NCCN)c2)c1.Cl. The zero-order valence-corrected chi connectivity index (χ0v) is 17.5. The summed E-state index contributed by atoms with van der Waals surface area (Å²) in [7, 11) is -3.67. The topological polar surface area (TPSA) is 111 Å². The Balaban J connectivity index is 0.00000392. The van der Waals surface area contributed by atoms with Crippen molar-refractivity contribution in [3.8, 4) is 5.75 Å². The zero-order valence-electron chi connectivity index (χ0n) is 15.8. The maximum Gasteiger partial charge on any atom is 0.255 e. The third kappa shape index (κ3) is 7.12. The van der Waals surface area contributed by atoms with Crippen LogP contribution in [0.1, 0.15) is 24.2 Å². The number of carbonyl (C=O) groups is 1. The molecular formula is C19H26ClN3O4S. The lowest BCUT2D eigenvalue weighted by molar-refractivity contribution is 0.102. The molecule has 0 aromatic heterocycles. The molecule has 0 aliphatic carbocycles. The van der Waals surface area contributed by atoms with E-state index in [0.29, 0.717) is 29.5 Å². The molecule has 7 nitrogen and oxygen atoms in total. The standard InChI is InChI=1S/C19H25N3O4S.ClH/c1-14(2)13-26-17-7-3-5-15(11-17)19(23)22-16-6-4-8-18(12-16)27(24,25)21-10-9-20;/h3-8,11-12,14,21H,9-10,13,20H2,1-2H3,(H,22,23);1H. The highest BCUT2D eigenvalue weighted by Gasteiger charge is 2.14. The van der Waals surface area contributed by atoms with E-state index in [1.54, 1.807) is 36.4 Å². The highest BCUT2D eigenvalue weighted by Crippen LogP contribution is 2.18. The summed E-state index contributed by atoms with van der Waals surface area (Å²) in [5.41, 5.74) is 6.13. The fourth-order valence-corrected chi connectivity index (χ4v) is 3.30. The van der Waals surface area contributed by atoms with Crippen LogP contribution in [0.25, 0.3) is 0 Å². The Morgan fingerprint density at radius 1 is 1.14 bits per heavy atom. The van der Waals surface area contributed by atoms with Gasteiger partial charge >= 0.3 is 0 Å². The van der Waals surface area contributed by atoms with Crippen LogP contribution < -0.4 is 20.5 Å². The van der Waals surface area contributed by atoms with Crippen LogP contribution in [0, 0.1) is 5.92 Å². The van der Waals surface area contributed by atoms with Gasteiger partial charge in [0.2, 0.25) is 10.0 Å². The van der Waals surface area contributed by atoms with Gasteiger partial charge in [0.15, 0.2) is 0 Å². The molecule has 0 aliphatic rings. The molecule has 9 heteroatoms. The Morgan fingerprint density at radius 3 is 2.54 bits per heavy atom. The van der Waals surface area contributed by atoms with Crippen molar-refractivity contribution < 1.29 is 17.9 Å². The molecule has 1 amide bonds. The second-order valence-corrected chi connectivity index (χ2v) is 8.17. The average molecular weight is 428 g/mol. The third-order valence-electron chi connectivity index (χ3n) is 3.52. The maximum absolute atomic E-state index is 12.5. The van der Waals surface area contributed by atoms with Gasteiger partial charge in [-0.05, 0) is 42.3 Å². The van der Waals surface area contributed by atoms with Crippen molar-refractivity contribution in [1.82, 2.24) is 4.72 Å².